The van der Waals surface area contributed by atoms with Gasteiger partial charge in [0.25, 0.3) is 0 Å². The Hall–Kier alpha value is -3.30. The molecule has 4 N–H and O–H groups in total. The van der Waals surface area contributed by atoms with E-state index in [0.717, 1.165) is 11.1 Å². The summed E-state index contributed by atoms with van der Waals surface area (Å²) < 4.78 is 5.96. The average Bonchev–Trinajstić information content (AvgIpc) is 2.60. The lowest BCUT2D eigenvalue weighted by molar-refractivity contribution is 0.307. The van der Waals surface area contributed by atoms with Crippen LogP contribution in [-0.4, -0.2) is 9.97 Å². The van der Waals surface area contributed by atoms with Gasteiger partial charge in [-0.1, -0.05) is 41.4 Å². The molecule has 3 aromatic rings. The molecule has 0 atom stereocenters. The van der Waals surface area contributed by atoms with Crippen molar-refractivity contribution in [2.24, 2.45) is 0 Å². The smallest absolute Gasteiger partial charge is 0.222 e. The van der Waals surface area contributed by atoms with Crippen LogP contribution >= 0.6 is 11.6 Å². The fraction of sp³-hybridized carbons (Fsp3) is 0.105. The second kappa shape index (κ2) is 7.30. The van der Waals surface area contributed by atoms with Crippen molar-refractivity contribution in [1.29, 1.82) is 5.26 Å². The first-order valence-electron chi connectivity index (χ1n) is 7.79. The largest absolute Gasteiger partial charge is 0.488 e. The molecule has 26 heavy (non-hydrogen) atoms. The first-order chi connectivity index (χ1) is 12.5. The summed E-state index contributed by atoms with van der Waals surface area (Å²) in [5.74, 6) is 0.505. The van der Waals surface area contributed by atoms with Gasteiger partial charge in [-0.2, -0.15) is 10.2 Å². The normalized spacial score (nSPS) is 10.3. The van der Waals surface area contributed by atoms with Gasteiger partial charge in [-0.3, -0.25) is 0 Å². The number of nitrogen functional groups attached to an aromatic ring is 2. The van der Waals surface area contributed by atoms with Crippen molar-refractivity contribution in [2.75, 3.05) is 11.5 Å². The lowest BCUT2D eigenvalue weighted by atomic mass is 10.1. The molecule has 1 aromatic heterocycles. The van der Waals surface area contributed by atoms with Gasteiger partial charge >= 0.3 is 0 Å². The molecule has 0 aliphatic heterocycles. The van der Waals surface area contributed by atoms with E-state index in [1.807, 2.05) is 37.3 Å². The molecule has 3 rings (SSSR count). The third-order valence-electron chi connectivity index (χ3n) is 3.74. The first-order valence-corrected chi connectivity index (χ1v) is 8.17. The van der Waals surface area contributed by atoms with Crippen molar-refractivity contribution in [3.63, 3.8) is 0 Å². The highest BCUT2D eigenvalue weighted by Crippen LogP contribution is 2.35. The standard InChI is InChI=1S/C19H16ClN5O/c1-11-3-2-4-12(7-11)10-26-16-6-5-13(20)8-14(16)17-15(9-21)18(22)25-19(23)24-17/h2-8H,10H2,1H3,(H4,22,23,24,25). The predicted octanol–water partition coefficient (Wildman–Crippen LogP) is 3.72. The molecule has 0 fully saturated rings. The molecule has 0 spiro atoms. The number of anilines is 2. The molecule has 2 aromatic carbocycles. The highest BCUT2D eigenvalue weighted by Gasteiger charge is 2.17. The van der Waals surface area contributed by atoms with Gasteiger partial charge < -0.3 is 16.2 Å². The Labute approximate surface area is 156 Å². The van der Waals surface area contributed by atoms with Crippen molar-refractivity contribution in [3.05, 3.63) is 64.2 Å². The molecular formula is C19H16ClN5O. The fourth-order valence-electron chi connectivity index (χ4n) is 2.58. The Morgan fingerprint density at radius 2 is 1.96 bits per heavy atom. The van der Waals surface area contributed by atoms with Gasteiger partial charge in [0.1, 0.15) is 29.8 Å². The Morgan fingerprint density at radius 1 is 1.15 bits per heavy atom. The maximum absolute atomic E-state index is 9.43. The number of nitriles is 1. The molecule has 0 aliphatic carbocycles. The second-order valence-electron chi connectivity index (χ2n) is 5.72. The van der Waals surface area contributed by atoms with Gasteiger partial charge in [-0.25, -0.2) is 4.98 Å². The van der Waals surface area contributed by atoms with E-state index in [4.69, 9.17) is 27.8 Å². The summed E-state index contributed by atoms with van der Waals surface area (Å²) >= 11 is 6.14. The highest BCUT2D eigenvalue weighted by atomic mass is 35.5. The molecule has 1 heterocycles. The zero-order valence-electron chi connectivity index (χ0n) is 14.0. The molecule has 0 radical (unpaired) electrons. The SMILES string of the molecule is Cc1cccc(COc2ccc(Cl)cc2-c2nc(N)nc(N)c2C#N)c1. The predicted molar refractivity (Wildman–Crippen MR) is 102 cm³/mol. The van der Waals surface area contributed by atoms with Crippen molar-refractivity contribution < 1.29 is 4.74 Å². The molecule has 0 unspecified atom stereocenters. The number of nitrogens with two attached hydrogens (primary N) is 2. The molecule has 0 amide bonds. The van der Waals surface area contributed by atoms with E-state index in [-0.39, 0.29) is 17.3 Å². The van der Waals surface area contributed by atoms with Crippen LogP contribution in [0.4, 0.5) is 11.8 Å². The zero-order chi connectivity index (χ0) is 18.7. The van der Waals surface area contributed by atoms with Crippen LogP contribution in [0.25, 0.3) is 11.3 Å². The van der Waals surface area contributed by atoms with Crippen LogP contribution in [0.15, 0.2) is 42.5 Å². The van der Waals surface area contributed by atoms with E-state index in [9.17, 15) is 5.26 Å². The zero-order valence-corrected chi connectivity index (χ0v) is 14.8. The van der Waals surface area contributed by atoms with Gasteiger partial charge in [0.15, 0.2) is 0 Å². The average molecular weight is 366 g/mol. The minimum atomic E-state index is -0.0268. The summed E-state index contributed by atoms with van der Waals surface area (Å²) in [6.07, 6.45) is 0. The molecular weight excluding hydrogens is 350 g/mol. The number of nitrogens with zero attached hydrogens (tertiary/aromatic N) is 3. The minimum Gasteiger partial charge on any atom is -0.488 e. The van der Waals surface area contributed by atoms with Crippen molar-refractivity contribution in [3.8, 4) is 23.1 Å². The van der Waals surface area contributed by atoms with Crippen molar-refractivity contribution in [2.45, 2.75) is 13.5 Å². The van der Waals surface area contributed by atoms with Gasteiger partial charge in [0, 0.05) is 10.6 Å². The molecule has 6 nitrogen and oxygen atoms in total. The number of halogens is 1. The molecule has 0 saturated heterocycles. The Kier molecular flexibility index (Phi) is 4.92. The lowest BCUT2D eigenvalue weighted by Gasteiger charge is -2.14. The van der Waals surface area contributed by atoms with E-state index in [1.54, 1.807) is 18.2 Å². The summed E-state index contributed by atoms with van der Waals surface area (Å²) in [4.78, 5) is 8.01. The van der Waals surface area contributed by atoms with Gasteiger partial charge in [0.05, 0.1) is 5.69 Å². The molecule has 0 bridgehead atoms. The topological polar surface area (TPSA) is 111 Å². The van der Waals surface area contributed by atoms with Crippen LogP contribution in [-0.2, 0) is 6.61 Å². The van der Waals surface area contributed by atoms with E-state index < -0.39 is 0 Å². The van der Waals surface area contributed by atoms with Crippen LogP contribution in [0, 0.1) is 18.3 Å². The third-order valence-corrected chi connectivity index (χ3v) is 3.97. The Bertz CT molecular complexity index is 1010. The summed E-state index contributed by atoms with van der Waals surface area (Å²) in [5, 5.41) is 9.90. The monoisotopic (exact) mass is 365 g/mol. The number of aryl methyl sites for hydroxylation is 1. The summed E-state index contributed by atoms with van der Waals surface area (Å²) in [5.41, 5.74) is 14.6. The third kappa shape index (κ3) is 3.68. The quantitative estimate of drug-likeness (QED) is 0.728. The van der Waals surface area contributed by atoms with Crippen molar-refractivity contribution >= 4 is 23.4 Å². The number of rotatable bonds is 4. The maximum Gasteiger partial charge on any atom is 0.222 e. The van der Waals surface area contributed by atoms with Crippen LogP contribution in [0.2, 0.25) is 5.02 Å². The Morgan fingerprint density at radius 3 is 2.69 bits per heavy atom. The number of ether oxygens (including phenoxy) is 1. The number of aromatic nitrogens is 2. The molecule has 0 saturated carbocycles. The van der Waals surface area contributed by atoms with Gasteiger partial charge in [-0.05, 0) is 30.7 Å². The Balaban J connectivity index is 2.04. The summed E-state index contributed by atoms with van der Waals surface area (Å²) in [6.45, 7) is 2.37. The van der Waals surface area contributed by atoms with Crippen LogP contribution in [0.5, 0.6) is 5.75 Å². The summed E-state index contributed by atoms with van der Waals surface area (Å²) in [7, 11) is 0. The first kappa shape index (κ1) is 17.5. The van der Waals surface area contributed by atoms with E-state index in [0.29, 0.717) is 28.6 Å². The van der Waals surface area contributed by atoms with Crippen LogP contribution in [0.1, 0.15) is 16.7 Å². The second-order valence-corrected chi connectivity index (χ2v) is 6.16. The van der Waals surface area contributed by atoms with Gasteiger partial charge in [-0.15, -0.1) is 0 Å². The lowest BCUT2D eigenvalue weighted by Crippen LogP contribution is -2.06. The summed E-state index contributed by atoms with van der Waals surface area (Å²) in [6, 6.07) is 15.1. The molecule has 0 aliphatic rings. The maximum atomic E-state index is 9.43. The van der Waals surface area contributed by atoms with E-state index in [1.165, 1.54) is 0 Å². The number of hydrogen-bond acceptors (Lipinski definition) is 6. The minimum absolute atomic E-state index is 0.0135. The van der Waals surface area contributed by atoms with Crippen LogP contribution < -0.4 is 16.2 Å². The number of hydrogen-bond donors (Lipinski definition) is 2. The van der Waals surface area contributed by atoms with E-state index >= 15 is 0 Å². The molecule has 7 heteroatoms. The fourth-order valence-corrected chi connectivity index (χ4v) is 2.75. The number of benzene rings is 2. The van der Waals surface area contributed by atoms with Gasteiger partial charge in [0.2, 0.25) is 5.95 Å². The van der Waals surface area contributed by atoms with Crippen molar-refractivity contribution in [1.82, 2.24) is 9.97 Å². The van der Waals surface area contributed by atoms with Crippen LogP contribution in [0.3, 0.4) is 0 Å². The highest BCUT2D eigenvalue weighted by molar-refractivity contribution is 6.31. The molecule has 130 valence electrons. The van der Waals surface area contributed by atoms with E-state index in [2.05, 4.69) is 9.97 Å².